The molecule has 0 spiro atoms. The summed E-state index contributed by atoms with van der Waals surface area (Å²) in [4.78, 5) is 12.7. The van der Waals surface area contributed by atoms with Gasteiger partial charge in [-0.05, 0) is 47.3 Å². The molecule has 0 aliphatic rings. The number of nitrogens with two attached hydrogens (primary N) is 2. The molecule has 0 aliphatic heterocycles. The second kappa shape index (κ2) is 8.16. The van der Waals surface area contributed by atoms with Crippen LogP contribution in [0.1, 0.15) is 16.7 Å². The minimum Gasteiger partial charge on any atom is -0.489 e. The average molecular weight is 411 g/mol. The number of nitrogens with one attached hydrogen (secondary N) is 2. The van der Waals surface area contributed by atoms with E-state index in [1.807, 2.05) is 36.4 Å². The third-order valence-corrected chi connectivity index (χ3v) is 4.93. The highest BCUT2D eigenvalue weighted by Crippen LogP contribution is 2.23. The van der Waals surface area contributed by atoms with Gasteiger partial charge < -0.3 is 16.2 Å². The van der Waals surface area contributed by atoms with E-state index in [4.69, 9.17) is 27.0 Å². The number of pyridine rings is 1. The molecule has 0 saturated carbocycles. The van der Waals surface area contributed by atoms with Gasteiger partial charge in [0, 0.05) is 28.9 Å². The highest BCUT2D eigenvalue weighted by Gasteiger charge is 2.09. The lowest BCUT2D eigenvalue weighted by molar-refractivity contribution is 0.306. The Morgan fingerprint density at radius 3 is 2.26 bits per heavy atom. The molecule has 4 rings (SSSR count). The van der Waals surface area contributed by atoms with Gasteiger partial charge in [0.2, 0.25) is 0 Å². The Morgan fingerprint density at radius 1 is 0.839 bits per heavy atom. The molecule has 0 saturated heterocycles. The van der Waals surface area contributed by atoms with Crippen molar-refractivity contribution in [1.29, 1.82) is 10.8 Å². The van der Waals surface area contributed by atoms with E-state index in [9.17, 15) is 4.79 Å². The zero-order valence-electron chi connectivity index (χ0n) is 16.6. The topological polar surface area (TPSA) is 131 Å². The molecular weight excluding hydrogens is 390 g/mol. The summed E-state index contributed by atoms with van der Waals surface area (Å²) in [6.45, 7) is 0.295. The third-order valence-electron chi connectivity index (χ3n) is 4.93. The number of nitrogen functional groups attached to an aromatic ring is 2. The lowest BCUT2D eigenvalue weighted by atomic mass is 10.1. The minimum atomic E-state index is -0.195. The number of hydrogen-bond acceptors (Lipinski definition) is 4. The van der Waals surface area contributed by atoms with Crippen molar-refractivity contribution in [2.24, 2.45) is 11.5 Å². The van der Waals surface area contributed by atoms with Crippen molar-refractivity contribution in [1.82, 2.24) is 4.57 Å². The van der Waals surface area contributed by atoms with E-state index in [-0.39, 0.29) is 17.2 Å². The highest BCUT2D eigenvalue weighted by atomic mass is 16.5. The summed E-state index contributed by atoms with van der Waals surface area (Å²) < 4.78 is 7.52. The van der Waals surface area contributed by atoms with Crippen molar-refractivity contribution in [2.45, 2.75) is 6.61 Å². The van der Waals surface area contributed by atoms with Crippen LogP contribution < -0.4 is 21.8 Å². The zero-order valence-corrected chi connectivity index (χ0v) is 16.6. The van der Waals surface area contributed by atoms with Crippen LogP contribution in [0.2, 0.25) is 0 Å². The molecule has 0 aliphatic carbocycles. The first-order valence-corrected chi connectivity index (χ1v) is 9.59. The van der Waals surface area contributed by atoms with E-state index < -0.39 is 0 Å². The van der Waals surface area contributed by atoms with Crippen molar-refractivity contribution in [2.75, 3.05) is 0 Å². The fourth-order valence-electron chi connectivity index (χ4n) is 3.38. The van der Waals surface area contributed by atoms with Gasteiger partial charge in [0.1, 0.15) is 24.0 Å². The molecule has 6 N–H and O–H groups in total. The van der Waals surface area contributed by atoms with E-state index in [0.29, 0.717) is 34.7 Å². The molecule has 1 heterocycles. The number of benzene rings is 3. The third kappa shape index (κ3) is 4.16. The second-order valence-corrected chi connectivity index (χ2v) is 7.09. The van der Waals surface area contributed by atoms with Gasteiger partial charge in [-0.25, -0.2) is 0 Å². The summed E-state index contributed by atoms with van der Waals surface area (Å²) in [7, 11) is 0. The number of amidine groups is 2. The van der Waals surface area contributed by atoms with Crippen molar-refractivity contribution >= 4 is 22.6 Å². The van der Waals surface area contributed by atoms with Crippen LogP contribution >= 0.6 is 0 Å². The van der Waals surface area contributed by atoms with Gasteiger partial charge in [-0.1, -0.05) is 30.3 Å². The molecule has 0 amide bonds. The van der Waals surface area contributed by atoms with Gasteiger partial charge in [0.15, 0.2) is 0 Å². The Kier molecular flexibility index (Phi) is 5.24. The molecule has 0 atom stereocenters. The average Bonchev–Trinajstić information content (AvgIpc) is 2.77. The predicted molar refractivity (Wildman–Crippen MR) is 122 cm³/mol. The van der Waals surface area contributed by atoms with Crippen LogP contribution in [0.15, 0.2) is 83.7 Å². The number of ether oxygens (including phenoxy) is 1. The molecule has 7 nitrogen and oxygen atoms in total. The molecule has 0 bridgehead atoms. The fraction of sp³-hybridized carbons (Fsp3) is 0.0417. The van der Waals surface area contributed by atoms with E-state index in [0.717, 1.165) is 10.9 Å². The summed E-state index contributed by atoms with van der Waals surface area (Å²) in [6.07, 6.45) is 0. The van der Waals surface area contributed by atoms with Crippen LogP contribution in [0, 0.1) is 10.8 Å². The lowest BCUT2D eigenvalue weighted by Gasteiger charge is -2.13. The number of nitrogens with zero attached hydrogens (tertiary/aromatic N) is 1. The molecular formula is C24H21N5O2. The SMILES string of the molecule is N=C(N)c1cccc(COc2ccc3ccc(=O)n(-c4cccc(C(=N)N)c4)c3c2)c1. The Labute approximate surface area is 178 Å². The monoisotopic (exact) mass is 411 g/mol. The summed E-state index contributed by atoms with van der Waals surface area (Å²) in [5.74, 6) is 0.541. The Balaban J connectivity index is 1.72. The summed E-state index contributed by atoms with van der Waals surface area (Å²) in [6, 6.07) is 23.1. The maximum Gasteiger partial charge on any atom is 0.255 e. The molecule has 7 heteroatoms. The van der Waals surface area contributed by atoms with E-state index in [2.05, 4.69) is 0 Å². The van der Waals surface area contributed by atoms with Gasteiger partial charge in [0.05, 0.1) is 5.52 Å². The Bertz CT molecular complexity index is 1370. The van der Waals surface area contributed by atoms with Crippen LogP contribution in [-0.4, -0.2) is 16.2 Å². The van der Waals surface area contributed by atoms with Gasteiger partial charge >= 0.3 is 0 Å². The van der Waals surface area contributed by atoms with Crippen molar-refractivity contribution in [3.63, 3.8) is 0 Å². The Hall–Kier alpha value is -4.39. The van der Waals surface area contributed by atoms with Crippen molar-refractivity contribution in [3.8, 4) is 11.4 Å². The number of hydrogen-bond donors (Lipinski definition) is 4. The highest BCUT2D eigenvalue weighted by molar-refractivity contribution is 5.96. The van der Waals surface area contributed by atoms with Crippen molar-refractivity contribution < 1.29 is 4.74 Å². The number of fused-ring (bicyclic) bond motifs is 1. The van der Waals surface area contributed by atoms with E-state index >= 15 is 0 Å². The molecule has 4 aromatic rings. The maximum atomic E-state index is 12.7. The molecule has 154 valence electrons. The standard InChI is InChI=1S/C24H21N5O2/c25-23(26)17-4-1-3-15(11-17)14-31-20-9-7-16-8-10-22(30)29(21(16)13-20)19-6-2-5-18(12-19)24(27)28/h1-13H,14H2,(H3,25,26)(H3,27,28). The maximum absolute atomic E-state index is 12.7. The predicted octanol–water partition coefficient (Wildman–Crippen LogP) is 3.14. The zero-order chi connectivity index (χ0) is 22.0. The molecule has 0 unspecified atom stereocenters. The number of aromatic nitrogens is 1. The molecule has 0 fully saturated rings. The first-order chi connectivity index (χ1) is 14.9. The van der Waals surface area contributed by atoms with Crippen LogP contribution in [0.25, 0.3) is 16.6 Å². The van der Waals surface area contributed by atoms with Crippen LogP contribution in [-0.2, 0) is 6.61 Å². The van der Waals surface area contributed by atoms with E-state index in [1.165, 1.54) is 6.07 Å². The van der Waals surface area contributed by atoms with Crippen LogP contribution in [0.3, 0.4) is 0 Å². The lowest BCUT2D eigenvalue weighted by Crippen LogP contribution is -2.18. The summed E-state index contributed by atoms with van der Waals surface area (Å²) in [5, 5.41) is 16.1. The molecule has 31 heavy (non-hydrogen) atoms. The molecule has 3 aromatic carbocycles. The normalized spacial score (nSPS) is 10.7. The van der Waals surface area contributed by atoms with Crippen LogP contribution in [0.5, 0.6) is 5.75 Å². The summed E-state index contributed by atoms with van der Waals surface area (Å²) >= 11 is 0. The fourth-order valence-corrected chi connectivity index (χ4v) is 3.38. The van der Waals surface area contributed by atoms with Gasteiger partial charge in [-0.2, -0.15) is 0 Å². The van der Waals surface area contributed by atoms with Gasteiger partial charge in [-0.15, -0.1) is 0 Å². The molecule has 0 radical (unpaired) electrons. The summed E-state index contributed by atoms with van der Waals surface area (Å²) in [5.41, 5.74) is 14.3. The van der Waals surface area contributed by atoms with E-state index in [1.54, 1.807) is 41.0 Å². The van der Waals surface area contributed by atoms with Crippen LogP contribution in [0.4, 0.5) is 0 Å². The minimum absolute atomic E-state index is 0.00404. The second-order valence-electron chi connectivity index (χ2n) is 7.09. The smallest absolute Gasteiger partial charge is 0.255 e. The van der Waals surface area contributed by atoms with Crippen molar-refractivity contribution in [3.05, 3.63) is 106 Å². The number of rotatable bonds is 6. The van der Waals surface area contributed by atoms with Gasteiger partial charge in [-0.3, -0.25) is 20.2 Å². The largest absolute Gasteiger partial charge is 0.489 e. The first-order valence-electron chi connectivity index (χ1n) is 9.59. The first kappa shape index (κ1) is 19.9. The Morgan fingerprint density at radius 2 is 1.52 bits per heavy atom. The molecule has 1 aromatic heterocycles. The van der Waals surface area contributed by atoms with Gasteiger partial charge in [0.25, 0.3) is 5.56 Å². The quantitative estimate of drug-likeness (QED) is 0.287.